The molecule has 0 radical (unpaired) electrons. The van der Waals surface area contributed by atoms with Crippen LogP contribution in [0.25, 0.3) is 0 Å². The van der Waals surface area contributed by atoms with Crippen LogP contribution in [0.4, 0.5) is 5.13 Å². The Bertz CT molecular complexity index is 552. The molecule has 1 aromatic heterocycles. The van der Waals surface area contributed by atoms with Crippen LogP contribution in [0, 0.1) is 11.3 Å². The van der Waals surface area contributed by atoms with E-state index >= 15 is 0 Å². The largest absolute Gasteiger partial charge is 0.383 e. The lowest BCUT2D eigenvalue weighted by Crippen LogP contribution is -2.49. The maximum Gasteiger partial charge on any atom is 0.231 e. The van der Waals surface area contributed by atoms with Crippen LogP contribution in [0.3, 0.4) is 0 Å². The van der Waals surface area contributed by atoms with Crippen LogP contribution in [-0.4, -0.2) is 47.7 Å². The summed E-state index contributed by atoms with van der Waals surface area (Å²) in [6.07, 6.45) is 4.61. The standard InChI is InChI=1S/C14H21N5O2S2/c1-21-8-7-16-12-18-19-13(23-12)22-9-11(20)17-14(10-15)5-3-2-4-6-14/h2-9H2,1H3,(H,16,18)(H,17,20). The van der Waals surface area contributed by atoms with Crippen LogP contribution in [0.2, 0.25) is 0 Å². The molecule has 7 nitrogen and oxygen atoms in total. The molecular formula is C14H21N5O2S2. The number of hydrogen-bond acceptors (Lipinski definition) is 8. The number of methoxy groups -OCH3 is 1. The summed E-state index contributed by atoms with van der Waals surface area (Å²) in [7, 11) is 1.64. The van der Waals surface area contributed by atoms with E-state index in [4.69, 9.17) is 4.74 Å². The normalized spacial score (nSPS) is 16.5. The Kier molecular flexibility index (Phi) is 7.08. The quantitative estimate of drug-likeness (QED) is 0.543. The first-order valence-corrected chi connectivity index (χ1v) is 9.39. The lowest BCUT2D eigenvalue weighted by Gasteiger charge is -2.31. The van der Waals surface area contributed by atoms with Crippen molar-refractivity contribution in [1.29, 1.82) is 5.26 Å². The molecule has 1 aromatic rings. The minimum absolute atomic E-state index is 0.123. The molecule has 0 spiro atoms. The highest BCUT2D eigenvalue weighted by atomic mass is 32.2. The van der Waals surface area contributed by atoms with E-state index < -0.39 is 5.54 Å². The topological polar surface area (TPSA) is 99.9 Å². The Labute approximate surface area is 144 Å². The van der Waals surface area contributed by atoms with Gasteiger partial charge in [-0.15, -0.1) is 10.2 Å². The van der Waals surface area contributed by atoms with Crippen LogP contribution in [0.1, 0.15) is 32.1 Å². The molecule has 126 valence electrons. The Balaban J connectivity index is 1.77. The number of carbonyl (C=O) groups excluding carboxylic acids is 1. The fraction of sp³-hybridized carbons (Fsp3) is 0.714. The van der Waals surface area contributed by atoms with E-state index in [1.807, 2.05) is 0 Å². The summed E-state index contributed by atoms with van der Waals surface area (Å²) in [5, 5.41) is 24.1. The van der Waals surface area contributed by atoms with E-state index in [-0.39, 0.29) is 11.7 Å². The molecule has 0 aromatic carbocycles. The summed E-state index contributed by atoms with van der Waals surface area (Å²) in [5.41, 5.74) is -0.677. The molecule has 9 heteroatoms. The van der Waals surface area contributed by atoms with Gasteiger partial charge in [0.1, 0.15) is 5.54 Å². The molecule has 2 rings (SSSR count). The number of thioether (sulfide) groups is 1. The van der Waals surface area contributed by atoms with Crippen molar-refractivity contribution in [2.45, 2.75) is 42.0 Å². The van der Waals surface area contributed by atoms with Crippen molar-refractivity contribution < 1.29 is 9.53 Å². The van der Waals surface area contributed by atoms with E-state index in [1.54, 1.807) is 7.11 Å². The number of ether oxygens (including phenoxy) is 1. The van der Waals surface area contributed by atoms with Crippen molar-refractivity contribution in [3.63, 3.8) is 0 Å². The van der Waals surface area contributed by atoms with Gasteiger partial charge in [0.25, 0.3) is 0 Å². The third kappa shape index (κ3) is 5.64. The van der Waals surface area contributed by atoms with Gasteiger partial charge in [-0.1, -0.05) is 42.4 Å². The Morgan fingerprint density at radius 3 is 2.91 bits per heavy atom. The van der Waals surface area contributed by atoms with Crippen molar-refractivity contribution in [2.75, 3.05) is 31.3 Å². The zero-order valence-electron chi connectivity index (χ0n) is 13.1. The zero-order valence-corrected chi connectivity index (χ0v) is 14.8. The summed E-state index contributed by atoms with van der Waals surface area (Å²) >= 11 is 2.74. The molecule has 0 bridgehead atoms. The minimum Gasteiger partial charge on any atom is -0.383 e. The van der Waals surface area contributed by atoms with Crippen LogP contribution >= 0.6 is 23.1 Å². The summed E-state index contributed by atoms with van der Waals surface area (Å²) in [6.45, 7) is 1.27. The third-order valence-corrected chi connectivity index (χ3v) is 5.63. The van der Waals surface area contributed by atoms with E-state index in [2.05, 4.69) is 26.9 Å². The molecule has 1 heterocycles. The molecule has 1 aliphatic rings. The average Bonchev–Trinajstić information content (AvgIpc) is 3.02. The SMILES string of the molecule is COCCNc1nnc(SCC(=O)NC2(C#N)CCCCC2)s1. The van der Waals surface area contributed by atoms with Gasteiger partial charge in [0.05, 0.1) is 18.4 Å². The van der Waals surface area contributed by atoms with E-state index in [0.29, 0.717) is 18.3 Å². The number of hydrogen-bond donors (Lipinski definition) is 2. The number of nitrogens with zero attached hydrogens (tertiary/aromatic N) is 3. The fourth-order valence-electron chi connectivity index (χ4n) is 2.45. The first-order chi connectivity index (χ1) is 11.2. The molecule has 2 N–H and O–H groups in total. The molecule has 23 heavy (non-hydrogen) atoms. The second kappa shape index (κ2) is 9.05. The third-order valence-electron chi connectivity index (χ3n) is 3.62. The van der Waals surface area contributed by atoms with Crippen LogP contribution in [-0.2, 0) is 9.53 Å². The van der Waals surface area contributed by atoms with Gasteiger partial charge >= 0.3 is 0 Å². The fourth-order valence-corrected chi connectivity index (χ4v) is 4.03. The highest BCUT2D eigenvalue weighted by Crippen LogP contribution is 2.28. The highest BCUT2D eigenvalue weighted by molar-refractivity contribution is 8.01. The maximum absolute atomic E-state index is 12.1. The van der Waals surface area contributed by atoms with Gasteiger partial charge in [0.2, 0.25) is 11.0 Å². The predicted octanol–water partition coefficient (Wildman–Crippen LogP) is 2.03. The summed E-state index contributed by atoms with van der Waals surface area (Å²) in [5.74, 6) is 0.124. The molecule has 0 saturated heterocycles. The first kappa shape index (κ1) is 18.0. The van der Waals surface area contributed by atoms with Gasteiger partial charge < -0.3 is 15.4 Å². The van der Waals surface area contributed by atoms with Gasteiger partial charge in [-0.3, -0.25) is 4.79 Å². The summed E-state index contributed by atoms with van der Waals surface area (Å²) in [6, 6.07) is 2.29. The van der Waals surface area contributed by atoms with E-state index in [1.165, 1.54) is 23.1 Å². The molecular weight excluding hydrogens is 334 g/mol. The Hall–Kier alpha value is -1.37. The number of anilines is 1. The Morgan fingerprint density at radius 2 is 2.22 bits per heavy atom. The molecule has 0 atom stereocenters. The van der Waals surface area contributed by atoms with Gasteiger partial charge in [-0.05, 0) is 12.8 Å². The second-order valence-corrected chi connectivity index (χ2v) is 7.58. The summed E-state index contributed by atoms with van der Waals surface area (Å²) in [4.78, 5) is 12.1. The average molecular weight is 355 g/mol. The number of rotatable bonds is 8. The maximum atomic E-state index is 12.1. The Morgan fingerprint density at radius 1 is 1.43 bits per heavy atom. The van der Waals surface area contributed by atoms with Crippen LogP contribution < -0.4 is 10.6 Å². The minimum atomic E-state index is -0.677. The number of carbonyl (C=O) groups is 1. The van der Waals surface area contributed by atoms with Crippen molar-refractivity contribution in [2.24, 2.45) is 0 Å². The van der Waals surface area contributed by atoms with Crippen molar-refractivity contribution in [3.05, 3.63) is 0 Å². The monoisotopic (exact) mass is 355 g/mol. The molecule has 1 fully saturated rings. The smallest absolute Gasteiger partial charge is 0.231 e. The molecule has 0 aliphatic heterocycles. The van der Waals surface area contributed by atoms with Crippen molar-refractivity contribution in [3.8, 4) is 6.07 Å². The molecule has 1 aliphatic carbocycles. The molecule has 0 unspecified atom stereocenters. The van der Waals surface area contributed by atoms with Gasteiger partial charge in [-0.2, -0.15) is 5.26 Å². The van der Waals surface area contributed by atoms with Crippen LogP contribution in [0.15, 0.2) is 4.34 Å². The van der Waals surface area contributed by atoms with Crippen LogP contribution in [0.5, 0.6) is 0 Å². The zero-order chi connectivity index (χ0) is 16.5. The van der Waals surface area contributed by atoms with Gasteiger partial charge in [-0.25, -0.2) is 0 Å². The lowest BCUT2D eigenvalue weighted by molar-refractivity contribution is -0.120. The van der Waals surface area contributed by atoms with Crippen molar-refractivity contribution >= 4 is 34.1 Å². The van der Waals surface area contributed by atoms with E-state index in [0.717, 1.165) is 36.4 Å². The highest BCUT2D eigenvalue weighted by Gasteiger charge is 2.33. The van der Waals surface area contributed by atoms with Gasteiger partial charge in [0.15, 0.2) is 4.34 Å². The molecule has 1 saturated carbocycles. The second-order valence-electron chi connectivity index (χ2n) is 5.38. The lowest BCUT2D eigenvalue weighted by atomic mass is 9.83. The van der Waals surface area contributed by atoms with Crippen molar-refractivity contribution in [1.82, 2.24) is 15.5 Å². The summed E-state index contributed by atoms with van der Waals surface area (Å²) < 4.78 is 5.68. The van der Waals surface area contributed by atoms with Gasteiger partial charge in [0, 0.05) is 13.7 Å². The first-order valence-electron chi connectivity index (χ1n) is 7.59. The number of nitrogens with one attached hydrogen (secondary N) is 2. The van der Waals surface area contributed by atoms with E-state index in [9.17, 15) is 10.1 Å². The number of nitriles is 1. The predicted molar refractivity (Wildman–Crippen MR) is 90.6 cm³/mol. The number of amides is 1. The number of aromatic nitrogens is 2. The molecule has 1 amide bonds.